The fourth-order valence-electron chi connectivity index (χ4n) is 3.19. The average Bonchev–Trinajstić information content (AvgIpc) is 3.13. The molecular formula is C22H27N5OS. The van der Waals surface area contributed by atoms with Gasteiger partial charge in [-0.25, -0.2) is 0 Å². The van der Waals surface area contributed by atoms with Crippen LogP contribution in [0.15, 0.2) is 53.7 Å². The summed E-state index contributed by atoms with van der Waals surface area (Å²) >= 11 is 1.32. The summed E-state index contributed by atoms with van der Waals surface area (Å²) in [7, 11) is 0. The van der Waals surface area contributed by atoms with Crippen molar-refractivity contribution < 1.29 is 4.79 Å². The molecule has 1 aromatic heterocycles. The van der Waals surface area contributed by atoms with Crippen LogP contribution in [-0.2, 0) is 4.79 Å². The lowest BCUT2D eigenvalue weighted by Crippen LogP contribution is -2.23. The lowest BCUT2D eigenvalue weighted by molar-refractivity contribution is -0.117. The molecule has 0 radical (unpaired) electrons. The number of rotatable bonds is 8. The molecule has 6 nitrogen and oxygen atoms in total. The van der Waals surface area contributed by atoms with Crippen molar-refractivity contribution in [2.75, 3.05) is 18.0 Å². The van der Waals surface area contributed by atoms with Crippen LogP contribution in [0, 0.1) is 6.92 Å². The van der Waals surface area contributed by atoms with E-state index >= 15 is 0 Å². The number of hydrogen-bond donors (Lipinski definition) is 1. The van der Waals surface area contributed by atoms with Gasteiger partial charge in [0.25, 0.3) is 0 Å². The summed E-state index contributed by atoms with van der Waals surface area (Å²) < 4.78 is 2.01. The maximum atomic E-state index is 11.6. The molecule has 0 unspecified atom stereocenters. The zero-order valence-electron chi connectivity index (χ0n) is 17.3. The number of amides is 1. The number of benzene rings is 2. The smallest absolute Gasteiger partial charge is 0.230 e. The molecule has 0 aliphatic rings. The van der Waals surface area contributed by atoms with E-state index in [1.165, 1.54) is 17.4 Å². The minimum Gasteiger partial charge on any atom is -0.372 e. The number of anilines is 1. The number of primary amides is 1. The number of aryl methyl sites for hydroxylation is 1. The summed E-state index contributed by atoms with van der Waals surface area (Å²) in [5, 5.41) is 9.08. The third kappa shape index (κ3) is 4.45. The first kappa shape index (κ1) is 20.9. The van der Waals surface area contributed by atoms with Crippen molar-refractivity contribution in [1.82, 2.24) is 14.8 Å². The molecule has 1 heterocycles. The lowest BCUT2D eigenvalue weighted by Gasteiger charge is -2.21. The molecule has 3 aromatic rings. The van der Waals surface area contributed by atoms with E-state index in [-0.39, 0.29) is 5.91 Å². The third-order valence-electron chi connectivity index (χ3n) is 4.93. The normalized spacial score (nSPS) is 12.0. The van der Waals surface area contributed by atoms with Gasteiger partial charge >= 0.3 is 0 Å². The Hall–Kier alpha value is -2.80. The first-order chi connectivity index (χ1) is 14.0. The van der Waals surface area contributed by atoms with E-state index < -0.39 is 5.25 Å². The maximum Gasteiger partial charge on any atom is 0.230 e. The van der Waals surface area contributed by atoms with Gasteiger partial charge in [-0.3, -0.25) is 9.36 Å². The van der Waals surface area contributed by atoms with Gasteiger partial charge in [-0.15, -0.1) is 10.2 Å². The summed E-state index contributed by atoms with van der Waals surface area (Å²) in [6.07, 6.45) is 0. The molecule has 7 heteroatoms. The summed E-state index contributed by atoms with van der Waals surface area (Å²) in [5.41, 5.74) is 9.70. The maximum absolute atomic E-state index is 11.6. The minimum atomic E-state index is -0.403. The highest BCUT2D eigenvalue weighted by Crippen LogP contribution is 2.32. The van der Waals surface area contributed by atoms with Crippen molar-refractivity contribution in [3.05, 3.63) is 54.1 Å². The molecule has 2 N–H and O–H groups in total. The number of hydrogen-bond acceptors (Lipinski definition) is 5. The van der Waals surface area contributed by atoms with Gasteiger partial charge in [0.2, 0.25) is 5.91 Å². The van der Waals surface area contributed by atoms with Crippen molar-refractivity contribution in [3.63, 3.8) is 0 Å². The van der Waals surface area contributed by atoms with E-state index in [9.17, 15) is 4.79 Å². The van der Waals surface area contributed by atoms with Crippen LogP contribution in [0.5, 0.6) is 0 Å². The van der Waals surface area contributed by atoms with E-state index in [4.69, 9.17) is 5.73 Å². The number of aromatic nitrogens is 3. The van der Waals surface area contributed by atoms with Gasteiger partial charge in [0.15, 0.2) is 11.0 Å². The van der Waals surface area contributed by atoms with Crippen LogP contribution in [0.1, 0.15) is 26.3 Å². The van der Waals surface area contributed by atoms with Gasteiger partial charge < -0.3 is 10.6 Å². The van der Waals surface area contributed by atoms with E-state index in [1.807, 2.05) is 22.8 Å². The quantitative estimate of drug-likeness (QED) is 0.568. The molecule has 0 spiro atoms. The van der Waals surface area contributed by atoms with Crippen molar-refractivity contribution in [2.45, 2.75) is 38.1 Å². The number of para-hydroxylation sites is 1. The van der Waals surface area contributed by atoms with Gasteiger partial charge in [0.05, 0.1) is 10.9 Å². The Balaban J connectivity index is 2.08. The van der Waals surface area contributed by atoms with Crippen molar-refractivity contribution in [2.24, 2.45) is 5.73 Å². The average molecular weight is 410 g/mol. The van der Waals surface area contributed by atoms with Gasteiger partial charge in [-0.1, -0.05) is 30.0 Å². The first-order valence-electron chi connectivity index (χ1n) is 9.79. The van der Waals surface area contributed by atoms with E-state index in [1.54, 1.807) is 6.92 Å². The fraction of sp³-hybridized carbons (Fsp3) is 0.318. The largest absolute Gasteiger partial charge is 0.372 e. The molecule has 0 aliphatic heterocycles. The zero-order chi connectivity index (χ0) is 21.0. The second kappa shape index (κ2) is 9.13. The van der Waals surface area contributed by atoms with Crippen LogP contribution >= 0.6 is 11.8 Å². The molecule has 0 saturated carbocycles. The van der Waals surface area contributed by atoms with E-state index in [2.05, 4.69) is 66.2 Å². The van der Waals surface area contributed by atoms with Crippen molar-refractivity contribution in [3.8, 4) is 17.1 Å². The molecule has 1 amide bonds. The molecule has 0 saturated heterocycles. The second-order valence-corrected chi connectivity index (χ2v) is 8.12. The number of carbonyl (C=O) groups excluding carboxylic acids is 1. The van der Waals surface area contributed by atoms with Crippen LogP contribution in [0.4, 0.5) is 5.69 Å². The van der Waals surface area contributed by atoms with Crippen LogP contribution < -0.4 is 10.6 Å². The number of nitrogens with two attached hydrogens (primary N) is 1. The molecule has 29 heavy (non-hydrogen) atoms. The summed E-state index contributed by atoms with van der Waals surface area (Å²) in [4.78, 5) is 13.9. The van der Waals surface area contributed by atoms with Crippen molar-refractivity contribution in [1.29, 1.82) is 0 Å². The van der Waals surface area contributed by atoms with Gasteiger partial charge in [0.1, 0.15) is 0 Å². The number of nitrogens with zero attached hydrogens (tertiary/aromatic N) is 4. The Labute approximate surface area is 176 Å². The SMILES string of the molecule is CCN(CC)c1ccc(-c2nnc(S[C@@H](C)C(N)=O)n2-c2ccccc2C)cc1. The highest BCUT2D eigenvalue weighted by Gasteiger charge is 2.21. The monoisotopic (exact) mass is 409 g/mol. The molecule has 3 rings (SSSR count). The Bertz CT molecular complexity index is 979. The van der Waals surface area contributed by atoms with E-state index in [0.29, 0.717) is 5.16 Å². The molecule has 0 fully saturated rings. The highest BCUT2D eigenvalue weighted by atomic mass is 32.2. The Morgan fingerprint density at radius 3 is 2.34 bits per heavy atom. The Morgan fingerprint density at radius 2 is 1.76 bits per heavy atom. The lowest BCUT2D eigenvalue weighted by atomic mass is 10.1. The molecule has 2 aromatic carbocycles. The molecule has 1 atom stereocenters. The highest BCUT2D eigenvalue weighted by molar-refractivity contribution is 8.00. The van der Waals surface area contributed by atoms with Crippen molar-refractivity contribution >= 4 is 23.4 Å². The molecule has 152 valence electrons. The van der Waals surface area contributed by atoms with Gasteiger partial charge in [-0.2, -0.15) is 0 Å². The van der Waals surface area contributed by atoms with Gasteiger partial charge in [0, 0.05) is 24.3 Å². The summed E-state index contributed by atoms with van der Waals surface area (Å²) in [6, 6.07) is 16.4. The fourth-order valence-corrected chi connectivity index (χ4v) is 4.00. The minimum absolute atomic E-state index is 0.376. The standard InChI is InChI=1S/C22H27N5OS/c1-5-26(6-2)18-13-11-17(12-14-18)21-24-25-22(29-16(4)20(23)28)27(21)19-10-8-7-9-15(19)3/h7-14,16H,5-6H2,1-4H3,(H2,23,28)/t16-/m0/s1. The number of thioether (sulfide) groups is 1. The van der Waals surface area contributed by atoms with Crippen LogP contribution in [0.3, 0.4) is 0 Å². The first-order valence-corrected chi connectivity index (χ1v) is 10.7. The molecule has 0 bridgehead atoms. The molecular weight excluding hydrogens is 382 g/mol. The Morgan fingerprint density at radius 1 is 1.10 bits per heavy atom. The van der Waals surface area contributed by atoms with Crippen LogP contribution in [-0.4, -0.2) is 39.0 Å². The predicted molar refractivity (Wildman–Crippen MR) is 120 cm³/mol. The Kier molecular flexibility index (Phi) is 6.59. The topological polar surface area (TPSA) is 77.0 Å². The van der Waals surface area contributed by atoms with Gasteiger partial charge in [-0.05, 0) is 63.6 Å². The summed E-state index contributed by atoms with van der Waals surface area (Å²) in [5.74, 6) is 0.365. The van der Waals surface area contributed by atoms with Crippen LogP contribution in [0.25, 0.3) is 17.1 Å². The second-order valence-electron chi connectivity index (χ2n) is 6.81. The summed E-state index contributed by atoms with van der Waals surface area (Å²) in [6.45, 7) is 10.0. The number of carbonyl (C=O) groups is 1. The van der Waals surface area contributed by atoms with Crippen LogP contribution in [0.2, 0.25) is 0 Å². The van der Waals surface area contributed by atoms with E-state index in [0.717, 1.165) is 35.7 Å². The molecule has 0 aliphatic carbocycles. The third-order valence-corrected chi connectivity index (χ3v) is 5.99. The zero-order valence-corrected chi connectivity index (χ0v) is 18.1. The predicted octanol–water partition coefficient (Wildman–Crippen LogP) is 4.05.